The Hall–Kier alpha value is -0.770. The van der Waals surface area contributed by atoms with Crippen molar-refractivity contribution in [2.75, 3.05) is 41.0 Å². The van der Waals surface area contributed by atoms with Crippen molar-refractivity contribution in [3.8, 4) is 0 Å². The number of methoxy groups -OCH3 is 3. The van der Waals surface area contributed by atoms with Crippen LogP contribution in [0.3, 0.4) is 0 Å². The average Bonchev–Trinajstić information content (AvgIpc) is 3.20. The quantitative estimate of drug-likeness (QED) is 0.546. The fourth-order valence-electron chi connectivity index (χ4n) is 11.1. The van der Waals surface area contributed by atoms with Crippen molar-refractivity contribution in [2.45, 2.75) is 75.6 Å². The summed E-state index contributed by atoms with van der Waals surface area (Å²) in [6.45, 7) is 6.02. The summed E-state index contributed by atoms with van der Waals surface area (Å²) in [4.78, 5) is 15.2. The smallest absolute Gasteiger partial charge is 0.303 e. The standard InChI is InChI=1S/C26H41NO7/c1-6-27-11-24(12-31-3)8-7-17(29)26-15-9-14-16(32-4)10-25(34-13(2)28,18(15)20(14)30)19(23(26)27)21(33-5)22(24)26/h14-23,29-30H,6-12H2,1-5H3. The lowest BCUT2D eigenvalue weighted by Gasteiger charge is -2.69. The molecule has 0 radical (unpaired) electrons. The molecule has 0 amide bonds. The lowest BCUT2D eigenvalue weighted by Crippen LogP contribution is -2.76. The third-order valence-corrected chi connectivity index (χ3v) is 11.4. The van der Waals surface area contributed by atoms with Crippen molar-refractivity contribution in [2.24, 2.45) is 40.4 Å². The maximum atomic E-state index is 12.7. The lowest BCUT2D eigenvalue weighted by atomic mass is 9.43. The predicted octanol–water partition coefficient (Wildman–Crippen LogP) is 1.07. The molecule has 0 aromatic carbocycles. The lowest BCUT2D eigenvalue weighted by molar-refractivity contribution is -0.277. The molecule has 13 unspecified atom stereocenters. The van der Waals surface area contributed by atoms with Crippen LogP contribution in [0.2, 0.25) is 0 Å². The summed E-state index contributed by atoms with van der Waals surface area (Å²) in [5.41, 5.74) is -1.45. The molecular formula is C26H41NO7. The van der Waals surface area contributed by atoms with Gasteiger partial charge in [-0.15, -0.1) is 0 Å². The molecule has 6 fully saturated rings. The highest BCUT2D eigenvalue weighted by Crippen LogP contribution is 2.79. The van der Waals surface area contributed by atoms with E-state index in [0.717, 1.165) is 32.4 Å². The van der Waals surface area contributed by atoms with Crippen LogP contribution in [0.1, 0.15) is 39.5 Å². The normalized spacial score (nSPS) is 57.0. The monoisotopic (exact) mass is 479 g/mol. The van der Waals surface area contributed by atoms with Crippen LogP contribution in [0.4, 0.5) is 0 Å². The first kappa shape index (κ1) is 23.6. The summed E-state index contributed by atoms with van der Waals surface area (Å²) >= 11 is 0. The summed E-state index contributed by atoms with van der Waals surface area (Å²) in [6.07, 6.45) is 1.46. The average molecular weight is 480 g/mol. The van der Waals surface area contributed by atoms with E-state index in [1.807, 2.05) is 0 Å². The number of likely N-dealkylation sites (tertiary alicyclic amines) is 1. The molecule has 6 aliphatic rings. The first-order valence-electron chi connectivity index (χ1n) is 13.1. The van der Waals surface area contributed by atoms with Crippen molar-refractivity contribution in [1.82, 2.24) is 4.90 Å². The first-order chi connectivity index (χ1) is 16.3. The third-order valence-electron chi connectivity index (χ3n) is 11.4. The minimum Gasteiger partial charge on any atom is -0.458 e. The van der Waals surface area contributed by atoms with Gasteiger partial charge in [-0.3, -0.25) is 9.69 Å². The zero-order valence-electron chi connectivity index (χ0n) is 21.1. The van der Waals surface area contributed by atoms with Gasteiger partial charge in [0.1, 0.15) is 5.60 Å². The van der Waals surface area contributed by atoms with Gasteiger partial charge in [0, 0.05) is 81.8 Å². The van der Waals surface area contributed by atoms with Gasteiger partial charge in [0.25, 0.3) is 0 Å². The highest BCUT2D eigenvalue weighted by Gasteiger charge is 2.87. The van der Waals surface area contributed by atoms with Crippen LogP contribution in [0.5, 0.6) is 0 Å². The summed E-state index contributed by atoms with van der Waals surface area (Å²) in [5.74, 6) is -0.593. The van der Waals surface area contributed by atoms with Crippen LogP contribution in [0, 0.1) is 40.4 Å². The van der Waals surface area contributed by atoms with E-state index in [-0.39, 0.29) is 59.2 Å². The number of aliphatic hydroxyl groups is 2. The zero-order chi connectivity index (χ0) is 24.2. The molecule has 8 nitrogen and oxygen atoms in total. The zero-order valence-corrected chi connectivity index (χ0v) is 21.1. The van der Waals surface area contributed by atoms with E-state index in [1.54, 1.807) is 21.3 Å². The highest BCUT2D eigenvalue weighted by atomic mass is 16.6. The van der Waals surface area contributed by atoms with E-state index in [0.29, 0.717) is 13.0 Å². The molecular weight excluding hydrogens is 438 g/mol. The number of carbonyl (C=O) groups is 1. The van der Waals surface area contributed by atoms with Gasteiger partial charge in [-0.25, -0.2) is 0 Å². The largest absolute Gasteiger partial charge is 0.458 e. The van der Waals surface area contributed by atoms with Gasteiger partial charge in [0.2, 0.25) is 0 Å². The van der Waals surface area contributed by atoms with Crippen molar-refractivity contribution < 1.29 is 34.0 Å². The molecule has 0 aromatic heterocycles. The predicted molar refractivity (Wildman–Crippen MR) is 122 cm³/mol. The van der Waals surface area contributed by atoms with E-state index in [1.165, 1.54) is 6.92 Å². The Bertz CT molecular complexity index is 855. The minimum atomic E-state index is -0.881. The fraction of sp³-hybridized carbons (Fsp3) is 0.962. The number of rotatable bonds is 6. The molecule has 13 atom stereocenters. The van der Waals surface area contributed by atoms with E-state index in [9.17, 15) is 15.0 Å². The van der Waals surface area contributed by atoms with Crippen molar-refractivity contribution in [3.63, 3.8) is 0 Å². The summed E-state index contributed by atoms with van der Waals surface area (Å²) in [6, 6.07) is 0.0230. The molecule has 1 heterocycles. The van der Waals surface area contributed by atoms with Crippen LogP contribution in [-0.4, -0.2) is 98.2 Å². The number of esters is 1. The van der Waals surface area contributed by atoms with Gasteiger partial charge < -0.3 is 29.2 Å². The Morgan fingerprint density at radius 2 is 1.91 bits per heavy atom. The fourth-order valence-corrected chi connectivity index (χ4v) is 11.1. The van der Waals surface area contributed by atoms with Gasteiger partial charge in [-0.2, -0.15) is 0 Å². The molecule has 5 aliphatic carbocycles. The third kappa shape index (κ3) is 2.44. The van der Waals surface area contributed by atoms with Crippen LogP contribution in [-0.2, 0) is 23.7 Å². The van der Waals surface area contributed by atoms with Gasteiger partial charge in [-0.1, -0.05) is 6.92 Å². The molecule has 8 heteroatoms. The Morgan fingerprint density at radius 3 is 2.53 bits per heavy atom. The second-order valence-electron chi connectivity index (χ2n) is 12.1. The van der Waals surface area contributed by atoms with Crippen molar-refractivity contribution in [1.29, 1.82) is 0 Å². The van der Waals surface area contributed by atoms with E-state index in [2.05, 4.69) is 11.8 Å². The molecule has 0 aromatic rings. The van der Waals surface area contributed by atoms with E-state index < -0.39 is 23.2 Å². The number of ether oxygens (including phenoxy) is 4. The number of fused-ring (bicyclic) bond motifs is 2. The topological polar surface area (TPSA) is 97.7 Å². The summed E-state index contributed by atoms with van der Waals surface area (Å²) < 4.78 is 24.6. The van der Waals surface area contributed by atoms with Gasteiger partial charge in [-0.05, 0) is 31.7 Å². The Kier molecular flexibility index (Phi) is 5.29. The Labute approximate surface area is 202 Å². The Morgan fingerprint density at radius 1 is 1.15 bits per heavy atom. The molecule has 1 aliphatic heterocycles. The summed E-state index contributed by atoms with van der Waals surface area (Å²) in [5, 5.41) is 23.7. The van der Waals surface area contributed by atoms with Gasteiger partial charge in [0.15, 0.2) is 0 Å². The molecule has 192 valence electrons. The first-order valence-corrected chi connectivity index (χ1v) is 13.1. The number of piperidine rings is 1. The van der Waals surface area contributed by atoms with Crippen LogP contribution in [0.15, 0.2) is 0 Å². The molecule has 5 saturated carbocycles. The van der Waals surface area contributed by atoms with Gasteiger partial charge >= 0.3 is 5.97 Å². The number of nitrogens with zero attached hydrogens (tertiary/aromatic N) is 1. The number of hydrogen-bond donors (Lipinski definition) is 2. The molecule has 2 N–H and O–H groups in total. The number of carbonyl (C=O) groups excluding carboxylic acids is 1. The SMILES string of the molecule is CCN1CC2(COC)CCC(O)C34C5CC6C(OC)CC(OC(C)=O)(C5C6O)C(C(OC)C23)C14. The van der Waals surface area contributed by atoms with E-state index in [4.69, 9.17) is 18.9 Å². The molecule has 7 bridgehead atoms. The van der Waals surface area contributed by atoms with Gasteiger partial charge in [0.05, 0.1) is 31.0 Å². The van der Waals surface area contributed by atoms with Crippen LogP contribution < -0.4 is 0 Å². The highest BCUT2D eigenvalue weighted by molar-refractivity contribution is 5.67. The molecule has 1 saturated heterocycles. The minimum absolute atomic E-state index is 0.0137. The second-order valence-corrected chi connectivity index (χ2v) is 12.1. The molecule has 6 rings (SSSR count). The maximum absolute atomic E-state index is 12.7. The number of hydrogen-bond acceptors (Lipinski definition) is 8. The summed E-state index contributed by atoms with van der Waals surface area (Å²) in [7, 11) is 5.23. The van der Waals surface area contributed by atoms with Crippen molar-refractivity contribution in [3.05, 3.63) is 0 Å². The molecule has 1 spiro atoms. The van der Waals surface area contributed by atoms with E-state index >= 15 is 0 Å². The second kappa shape index (κ2) is 7.62. The maximum Gasteiger partial charge on any atom is 0.303 e. The number of aliphatic hydroxyl groups excluding tert-OH is 2. The van der Waals surface area contributed by atoms with Crippen LogP contribution >= 0.6 is 0 Å². The Balaban J connectivity index is 1.65. The van der Waals surface area contributed by atoms with Crippen LogP contribution in [0.25, 0.3) is 0 Å². The van der Waals surface area contributed by atoms with Crippen molar-refractivity contribution >= 4 is 5.97 Å². The molecule has 34 heavy (non-hydrogen) atoms.